The lowest BCUT2D eigenvalue weighted by atomic mass is 10.2. The average molecular weight is 186 g/mol. The largest absolute Gasteiger partial charge is 0.265 e. The van der Waals surface area contributed by atoms with Crippen molar-refractivity contribution >= 4 is 0 Å². The molecule has 0 atom stereocenters. The molecule has 0 saturated heterocycles. The van der Waals surface area contributed by atoms with E-state index < -0.39 is 0 Å². The van der Waals surface area contributed by atoms with Crippen LogP contribution in [-0.2, 0) is 6.54 Å². The molecule has 0 saturated carbocycles. The summed E-state index contributed by atoms with van der Waals surface area (Å²) in [4.78, 5) is 0. The molecule has 1 aromatic heterocycles. The fraction of sp³-hybridized carbons (Fsp3) is 0.250. The van der Waals surface area contributed by atoms with Gasteiger partial charge in [0.15, 0.2) is 0 Å². The third-order valence-corrected chi connectivity index (χ3v) is 2.28. The molecule has 0 amide bonds. The summed E-state index contributed by atoms with van der Waals surface area (Å²) in [6.45, 7) is 4.97. The lowest BCUT2D eigenvalue weighted by molar-refractivity contribution is 0.659. The first-order valence-electron chi connectivity index (χ1n) is 4.81. The summed E-state index contributed by atoms with van der Waals surface area (Å²) in [6, 6.07) is 12.5. The van der Waals surface area contributed by atoms with Gasteiger partial charge in [0.05, 0.1) is 12.2 Å². The smallest absolute Gasteiger partial charge is 0.0662 e. The van der Waals surface area contributed by atoms with Gasteiger partial charge in [-0.2, -0.15) is 5.10 Å². The Kier molecular flexibility index (Phi) is 2.35. The zero-order valence-electron chi connectivity index (χ0n) is 8.57. The van der Waals surface area contributed by atoms with Crippen LogP contribution in [0.15, 0.2) is 36.4 Å². The maximum atomic E-state index is 4.42. The fourth-order valence-corrected chi connectivity index (χ4v) is 1.59. The minimum atomic E-state index is 0.862. The van der Waals surface area contributed by atoms with Gasteiger partial charge in [-0.15, -0.1) is 0 Å². The Hall–Kier alpha value is -1.57. The average Bonchev–Trinajstić information content (AvgIpc) is 2.47. The van der Waals surface area contributed by atoms with Crippen molar-refractivity contribution in [1.82, 2.24) is 9.78 Å². The fourth-order valence-electron chi connectivity index (χ4n) is 1.59. The SMILES string of the molecule is Cc1cc(C)n(Cc2ccccc2)n1. The normalized spacial score (nSPS) is 10.4. The first-order valence-corrected chi connectivity index (χ1v) is 4.81. The van der Waals surface area contributed by atoms with Crippen LogP contribution in [0.2, 0.25) is 0 Å². The highest BCUT2D eigenvalue weighted by molar-refractivity contribution is 5.16. The van der Waals surface area contributed by atoms with E-state index in [1.807, 2.05) is 17.7 Å². The summed E-state index contributed by atoms with van der Waals surface area (Å²) in [7, 11) is 0. The molecule has 0 aliphatic carbocycles. The van der Waals surface area contributed by atoms with Crippen LogP contribution < -0.4 is 0 Å². The molecule has 1 aromatic carbocycles. The standard InChI is InChI=1S/C12H14N2/c1-10-8-11(2)14(13-10)9-12-6-4-3-5-7-12/h3-8H,9H2,1-2H3. The minimum Gasteiger partial charge on any atom is -0.265 e. The maximum absolute atomic E-state index is 4.42. The molecule has 0 aliphatic heterocycles. The second-order valence-electron chi connectivity index (χ2n) is 3.57. The third kappa shape index (κ3) is 1.84. The molecule has 0 fully saturated rings. The molecular formula is C12H14N2. The molecule has 0 aliphatic rings. The highest BCUT2D eigenvalue weighted by atomic mass is 15.3. The molecule has 0 unspecified atom stereocenters. The van der Waals surface area contributed by atoms with Crippen LogP contribution in [0.1, 0.15) is 17.0 Å². The minimum absolute atomic E-state index is 0.862. The van der Waals surface area contributed by atoms with E-state index in [1.54, 1.807) is 0 Å². The van der Waals surface area contributed by atoms with Crippen molar-refractivity contribution in [3.8, 4) is 0 Å². The monoisotopic (exact) mass is 186 g/mol. The zero-order valence-corrected chi connectivity index (χ0v) is 8.57. The topological polar surface area (TPSA) is 17.8 Å². The zero-order chi connectivity index (χ0) is 9.97. The summed E-state index contributed by atoms with van der Waals surface area (Å²) in [6.07, 6.45) is 0. The third-order valence-electron chi connectivity index (χ3n) is 2.28. The second-order valence-corrected chi connectivity index (χ2v) is 3.57. The Bertz CT molecular complexity index is 415. The second kappa shape index (κ2) is 3.66. The van der Waals surface area contributed by atoms with Crippen LogP contribution in [-0.4, -0.2) is 9.78 Å². The maximum Gasteiger partial charge on any atom is 0.0662 e. The highest BCUT2D eigenvalue weighted by Gasteiger charge is 2.00. The number of rotatable bonds is 2. The van der Waals surface area contributed by atoms with Crippen LogP contribution in [0.25, 0.3) is 0 Å². The molecule has 2 rings (SSSR count). The molecule has 0 N–H and O–H groups in total. The van der Waals surface area contributed by atoms with Gasteiger partial charge in [-0.1, -0.05) is 30.3 Å². The highest BCUT2D eigenvalue weighted by Crippen LogP contribution is 2.06. The Morgan fingerprint density at radius 3 is 2.43 bits per heavy atom. The lowest BCUT2D eigenvalue weighted by Gasteiger charge is -2.03. The van der Waals surface area contributed by atoms with E-state index in [1.165, 1.54) is 11.3 Å². The summed E-state index contributed by atoms with van der Waals surface area (Å²) in [5.74, 6) is 0. The van der Waals surface area contributed by atoms with E-state index in [0.29, 0.717) is 0 Å². The van der Waals surface area contributed by atoms with Crippen molar-refractivity contribution < 1.29 is 0 Å². The Balaban J connectivity index is 2.23. The quantitative estimate of drug-likeness (QED) is 0.704. The van der Waals surface area contributed by atoms with E-state index in [2.05, 4.69) is 42.4 Å². The number of aryl methyl sites for hydroxylation is 2. The summed E-state index contributed by atoms with van der Waals surface area (Å²) >= 11 is 0. The summed E-state index contributed by atoms with van der Waals surface area (Å²) in [5.41, 5.74) is 3.59. The van der Waals surface area contributed by atoms with Crippen LogP contribution in [0, 0.1) is 13.8 Å². The van der Waals surface area contributed by atoms with E-state index in [0.717, 1.165) is 12.2 Å². The van der Waals surface area contributed by atoms with Gasteiger partial charge in [0.25, 0.3) is 0 Å². The van der Waals surface area contributed by atoms with Crippen molar-refractivity contribution in [2.75, 3.05) is 0 Å². The van der Waals surface area contributed by atoms with Gasteiger partial charge in [-0.3, -0.25) is 4.68 Å². The van der Waals surface area contributed by atoms with E-state index >= 15 is 0 Å². The van der Waals surface area contributed by atoms with Crippen LogP contribution in [0.5, 0.6) is 0 Å². The van der Waals surface area contributed by atoms with Crippen LogP contribution in [0.4, 0.5) is 0 Å². The van der Waals surface area contributed by atoms with E-state index in [4.69, 9.17) is 0 Å². The van der Waals surface area contributed by atoms with E-state index in [9.17, 15) is 0 Å². The molecule has 2 aromatic rings. The van der Waals surface area contributed by atoms with Gasteiger partial charge in [0.1, 0.15) is 0 Å². The molecule has 72 valence electrons. The van der Waals surface area contributed by atoms with Gasteiger partial charge in [0, 0.05) is 5.69 Å². The van der Waals surface area contributed by atoms with Crippen molar-refractivity contribution in [2.24, 2.45) is 0 Å². The molecule has 2 nitrogen and oxygen atoms in total. The first-order chi connectivity index (χ1) is 6.75. The van der Waals surface area contributed by atoms with E-state index in [-0.39, 0.29) is 0 Å². The predicted octanol–water partition coefficient (Wildman–Crippen LogP) is 2.55. The Labute approximate surface area is 84.2 Å². The van der Waals surface area contributed by atoms with Crippen molar-refractivity contribution in [2.45, 2.75) is 20.4 Å². The molecule has 0 bridgehead atoms. The predicted molar refractivity (Wildman–Crippen MR) is 57.2 cm³/mol. The number of nitrogens with zero attached hydrogens (tertiary/aromatic N) is 2. The number of hydrogen-bond donors (Lipinski definition) is 0. The van der Waals surface area contributed by atoms with Gasteiger partial charge >= 0.3 is 0 Å². The van der Waals surface area contributed by atoms with Gasteiger partial charge in [0.2, 0.25) is 0 Å². The van der Waals surface area contributed by atoms with Gasteiger partial charge < -0.3 is 0 Å². The Morgan fingerprint density at radius 2 is 1.86 bits per heavy atom. The molecule has 1 heterocycles. The summed E-state index contributed by atoms with van der Waals surface area (Å²) < 4.78 is 2.03. The molecule has 0 radical (unpaired) electrons. The van der Waals surface area contributed by atoms with Crippen LogP contribution >= 0.6 is 0 Å². The van der Waals surface area contributed by atoms with Gasteiger partial charge in [-0.25, -0.2) is 0 Å². The molecule has 0 spiro atoms. The molecule has 2 heteroatoms. The lowest BCUT2D eigenvalue weighted by Crippen LogP contribution is -2.03. The van der Waals surface area contributed by atoms with Crippen LogP contribution in [0.3, 0.4) is 0 Å². The number of benzene rings is 1. The van der Waals surface area contributed by atoms with Gasteiger partial charge in [-0.05, 0) is 25.5 Å². The number of aromatic nitrogens is 2. The van der Waals surface area contributed by atoms with Crippen molar-refractivity contribution in [3.63, 3.8) is 0 Å². The molecule has 14 heavy (non-hydrogen) atoms. The Morgan fingerprint density at radius 1 is 1.14 bits per heavy atom. The molecular weight excluding hydrogens is 172 g/mol. The number of hydrogen-bond acceptors (Lipinski definition) is 1. The summed E-state index contributed by atoms with van der Waals surface area (Å²) in [5, 5.41) is 4.42. The van der Waals surface area contributed by atoms with Crippen molar-refractivity contribution in [3.05, 3.63) is 53.3 Å². The first kappa shape index (κ1) is 9.00. The van der Waals surface area contributed by atoms with Crippen molar-refractivity contribution in [1.29, 1.82) is 0 Å².